The first-order chi connectivity index (χ1) is 12.6. The first-order valence-electron chi connectivity index (χ1n) is 9.71. The molecule has 0 radical (unpaired) electrons. The van der Waals surface area contributed by atoms with Gasteiger partial charge in [-0.3, -0.25) is 14.4 Å². The Bertz CT molecular complexity index is 800. The highest BCUT2D eigenvalue weighted by molar-refractivity contribution is 7.09. The summed E-state index contributed by atoms with van der Waals surface area (Å²) in [6.45, 7) is 4.99. The van der Waals surface area contributed by atoms with Crippen LogP contribution in [0.25, 0.3) is 0 Å². The van der Waals surface area contributed by atoms with Crippen molar-refractivity contribution < 1.29 is 4.79 Å². The molecule has 1 saturated carbocycles. The molecule has 5 rings (SSSR count). The smallest absolute Gasteiger partial charge is 0.257 e. The number of thiophene rings is 1. The van der Waals surface area contributed by atoms with Gasteiger partial charge < -0.3 is 4.90 Å². The average Bonchev–Trinajstić information content (AvgIpc) is 3.11. The molecule has 2 aliphatic heterocycles. The molecule has 3 aliphatic rings. The predicted molar refractivity (Wildman–Crippen MR) is 102 cm³/mol. The minimum Gasteiger partial charge on any atom is -0.341 e. The Morgan fingerprint density at radius 3 is 2.81 bits per heavy atom. The van der Waals surface area contributed by atoms with Crippen molar-refractivity contribution >= 4 is 17.2 Å². The molecular weight excluding hydrogens is 344 g/mol. The number of nitrogens with zero attached hydrogens (tertiary/aromatic N) is 4. The number of hydrogen-bond acceptors (Lipinski definition) is 4. The first-order valence-corrected chi connectivity index (χ1v) is 10.6. The minimum absolute atomic E-state index is 0.0404. The van der Waals surface area contributed by atoms with Crippen LogP contribution >= 0.6 is 11.3 Å². The molecule has 26 heavy (non-hydrogen) atoms. The lowest BCUT2D eigenvalue weighted by molar-refractivity contribution is 0.0629. The van der Waals surface area contributed by atoms with Crippen LogP contribution in [0.5, 0.6) is 0 Å². The second-order valence-corrected chi connectivity index (χ2v) is 9.39. The molecule has 2 aromatic heterocycles. The highest BCUT2D eigenvalue weighted by Crippen LogP contribution is 2.41. The lowest BCUT2D eigenvalue weighted by Gasteiger charge is -2.45. The van der Waals surface area contributed by atoms with Gasteiger partial charge in [0.1, 0.15) is 0 Å². The fourth-order valence-electron chi connectivity index (χ4n) is 4.59. The maximum Gasteiger partial charge on any atom is 0.257 e. The highest BCUT2D eigenvalue weighted by atomic mass is 32.1. The van der Waals surface area contributed by atoms with E-state index in [1.165, 1.54) is 17.7 Å². The third-order valence-corrected chi connectivity index (χ3v) is 7.16. The molecule has 1 aliphatic carbocycles. The van der Waals surface area contributed by atoms with Crippen molar-refractivity contribution in [3.8, 4) is 0 Å². The molecule has 0 atom stereocenters. The molecule has 0 N–H and O–H groups in total. The zero-order chi connectivity index (χ0) is 17.7. The third kappa shape index (κ3) is 2.89. The molecule has 1 saturated heterocycles. The van der Waals surface area contributed by atoms with E-state index in [9.17, 15) is 4.79 Å². The molecule has 5 nitrogen and oxygen atoms in total. The number of piperidine rings is 1. The second-order valence-electron chi connectivity index (χ2n) is 8.35. The van der Waals surface area contributed by atoms with Crippen molar-refractivity contribution in [2.75, 3.05) is 26.7 Å². The number of rotatable bonds is 4. The summed E-state index contributed by atoms with van der Waals surface area (Å²) in [7, 11) is 1.95. The molecule has 6 heteroatoms. The summed E-state index contributed by atoms with van der Waals surface area (Å²) in [5.74, 6) is 0.918. The Hall–Kier alpha value is -1.66. The molecular formula is C20H26N4OS. The van der Waals surface area contributed by atoms with E-state index in [-0.39, 0.29) is 11.3 Å². The van der Waals surface area contributed by atoms with E-state index >= 15 is 0 Å². The lowest BCUT2D eigenvalue weighted by Crippen LogP contribution is -2.53. The minimum atomic E-state index is 0.0404. The van der Waals surface area contributed by atoms with Gasteiger partial charge in [0.2, 0.25) is 0 Å². The van der Waals surface area contributed by atoms with E-state index < -0.39 is 0 Å². The van der Waals surface area contributed by atoms with E-state index in [4.69, 9.17) is 5.10 Å². The summed E-state index contributed by atoms with van der Waals surface area (Å²) in [5, 5.41) is 7.10. The Morgan fingerprint density at radius 2 is 2.12 bits per heavy atom. The zero-order valence-electron chi connectivity index (χ0n) is 15.4. The fraction of sp³-hybridized carbons (Fsp3) is 0.600. The summed E-state index contributed by atoms with van der Waals surface area (Å²) < 4.78 is 2.05. The SMILES string of the molecule is CN1CC2(CCN(Cc3cccs3)CC2)c2nn(CC3CC3)cc2C1=O. The van der Waals surface area contributed by atoms with E-state index in [1.807, 2.05) is 29.5 Å². The number of likely N-dealkylation sites (N-methyl/N-ethyl adjacent to an activating group) is 1. The van der Waals surface area contributed by atoms with Gasteiger partial charge in [-0.15, -0.1) is 11.3 Å². The Balaban J connectivity index is 1.38. The maximum absolute atomic E-state index is 12.7. The van der Waals surface area contributed by atoms with Crippen molar-refractivity contribution in [1.82, 2.24) is 19.6 Å². The Kier molecular flexibility index (Phi) is 3.94. The quantitative estimate of drug-likeness (QED) is 0.831. The van der Waals surface area contributed by atoms with Crippen LogP contribution < -0.4 is 0 Å². The zero-order valence-corrected chi connectivity index (χ0v) is 16.2. The van der Waals surface area contributed by atoms with Gasteiger partial charge in [-0.05, 0) is 56.1 Å². The van der Waals surface area contributed by atoms with Gasteiger partial charge in [0.15, 0.2) is 0 Å². The number of carbonyl (C=O) groups is 1. The Morgan fingerprint density at radius 1 is 1.31 bits per heavy atom. The number of carbonyl (C=O) groups excluding carboxylic acids is 1. The van der Waals surface area contributed by atoms with Gasteiger partial charge in [0, 0.05) is 43.2 Å². The van der Waals surface area contributed by atoms with Crippen molar-refractivity contribution in [3.05, 3.63) is 39.8 Å². The lowest BCUT2D eigenvalue weighted by atomic mass is 9.72. The number of likely N-dealkylation sites (tertiary alicyclic amines) is 1. The van der Waals surface area contributed by atoms with Crippen molar-refractivity contribution in [1.29, 1.82) is 0 Å². The molecule has 138 valence electrons. The average molecular weight is 371 g/mol. The number of aromatic nitrogens is 2. The number of fused-ring (bicyclic) bond motifs is 2. The van der Waals surface area contributed by atoms with Crippen molar-refractivity contribution in [2.45, 2.75) is 44.2 Å². The topological polar surface area (TPSA) is 41.4 Å². The van der Waals surface area contributed by atoms with Crippen LogP contribution in [-0.4, -0.2) is 52.2 Å². The summed E-state index contributed by atoms with van der Waals surface area (Å²) in [6.07, 6.45) is 6.81. The third-order valence-electron chi connectivity index (χ3n) is 6.30. The van der Waals surface area contributed by atoms with Crippen LogP contribution in [0, 0.1) is 5.92 Å². The van der Waals surface area contributed by atoms with E-state index in [0.29, 0.717) is 0 Å². The maximum atomic E-state index is 12.7. The van der Waals surface area contributed by atoms with Gasteiger partial charge in [0.25, 0.3) is 5.91 Å². The van der Waals surface area contributed by atoms with Crippen LogP contribution in [0.3, 0.4) is 0 Å². The standard InChI is InChI=1S/C20H26N4OS/c1-22-14-20(6-8-23(9-7-20)12-16-3-2-10-26-16)18-17(19(22)25)13-24(21-18)11-15-4-5-15/h2-3,10,13,15H,4-9,11-12,14H2,1H3. The highest BCUT2D eigenvalue weighted by Gasteiger charge is 2.46. The second kappa shape index (κ2) is 6.20. The summed E-state index contributed by atoms with van der Waals surface area (Å²) in [5.41, 5.74) is 1.97. The van der Waals surface area contributed by atoms with Crippen LogP contribution in [0.15, 0.2) is 23.7 Å². The van der Waals surface area contributed by atoms with Gasteiger partial charge in [0.05, 0.1) is 11.3 Å². The van der Waals surface area contributed by atoms with Crippen LogP contribution in [0.1, 0.15) is 46.6 Å². The summed E-state index contributed by atoms with van der Waals surface area (Å²) in [4.78, 5) is 18.6. The summed E-state index contributed by atoms with van der Waals surface area (Å²) >= 11 is 1.84. The molecule has 1 spiro atoms. The van der Waals surface area contributed by atoms with Crippen LogP contribution in [0.2, 0.25) is 0 Å². The monoisotopic (exact) mass is 370 g/mol. The van der Waals surface area contributed by atoms with Gasteiger partial charge in [-0.1, -0.05) is 6.07 Å². The first kappa shape index (κ1) is 16.5. The number of amides is 1. The van der Waals surface area contributed by atoms with E-state index in [1.54, 1.807) is 0 Å². The Labute approximate surface area is 158 Å². The van der Waals surface area contributed by atoms with Crippen LogP contribution in [0.4, 0.5) is 0 Å². The number of hydrogen-bond donors (Lipinski definition) is 0. The predicted octanol–water partition coefficient (Wildman–Crippen LogP) is 2.97. The van der Waals surface area contributed by atoms with E-state index in [0.717, 1.165) is 62.7 Å². The molecule has 1 amide bonds. The van der Waals surface area contributed by atoms with Crippen molar-refractivity contribution in [3.63, 3.8) is 0 Å². The normalized spacial score (nSPS) is 22.8. The van der Waals surface area contributed by atoms with Gasteiger partial charge >= 0.3 is 0 Å². The van der Waals surface area contributed by atoms with E-state index in [2.05, 4.69) is 27.1 Å². The molecule has 0 aromatic carbocycles. The molecule has 2 fully saturated rings. The van der Waals surface area contributed by atoms with Gasteiger partial charge in [-0.25, -0.2) is 0 Å². The molecule has 4 heterocycles. The van der Waals surface area contributed by atoms with Crippen molar-refractivity contribution in [2.24, 2.45) is 5.92 Å². The van der Waals surface area contributed by atoms with Crippen LogP contribution in [-0.2, 0) is 18.5 Å². The van der Waals surface area contributed by atoms with Gasteiger partial charge in [-0.2, -0.15) is 5.10 Å². The summed E-state index contributed by atoms with van der Waals surface area (Å²) in [6, 6.07) is 4.35. The largest absolute Gasteiger partial charge is 0.341 e. The molecule has 0 unspecified atom stereocenters. The fourth-order valence-corrected chi connectivity index (χ4v) is 5.34. The molecule has 2 aromatic rings. The molecule has 0 bridgehead atoms.